The molecule has 2 aliphatic heterocycles. The van der Waals surface area contributed by atoms with Crippen LogP contribution >= 0.6 is 0 Å². The zero-order valence-corrected chi connectivity index (χ0v) is 13.9. The largest absolute Gasteiger partial charge is 0.447 e. The predicted octanol–water partition coefficient (Wildman–Crippen LogP) is 0.818. The Morgan fingerprint density at radius 1 is 1.46 bits per heavy atom. The molecule has 2 saturated heterocycles. The number of nitrogens with zero attached hydrogens (tertiary/aromatic N) is 4. The van der Waals surface area contributed by atoms with E-state index in [1.165, 1.54) is 0 Å². The Hall–Kier alpha value is -2.25. The average Bonchev–Trinajstić information content (AvgIpc) is 3.09. The lowest BCUT2D eigenvalue weighted by molar-refractivity contribution is 0.126. The minimum atomic E-state index is -0.257. The molecule has 0 bridgehead atoms. The van der Waals surface area contributed by atoms with Gasteiger partial charge in [0.05, 0.1) is 6.04 Å². The molecule has 24 heavy (non-hydrogen) atoms. The Labute approximate surface area is 140 Å². The number of cyclic esters (lactones) is 1. The van der Waals surface area contributed by atoms with Crippen molar-refractivity contribution in [3.05, 3.63) is 18.2 Å². The van der Waals surface area contributed by atoms with E-state index in [4.69, 9.17) is 4.74 Å². The van der Waals surface area contributed by atoms with Crippen molar-refractivity contribution in [1.29, 1.82) is 0 Å². The van der Waals surface area contributed by atoms with E-state index in [0.717, 1.165) is 25.2 Å². The Kier molecular flexibility index (Phi) is 3.62. The number of aryl methyl sites for hydroxylation is 1. The van der Waals surface area contributed by atoms with Crippen molar-refractivity contribution in [3.8, 4) is 0 Å². The van der Waals surface area contributed by atoms with Crippen LogP contribution in [-0.2, 0) is 11.3 Å². The van der Waals surface area contributed by atoms with Gasteiger partial charge in [0.15, 0.2) is 0 Å². The van der Waals surface area contributed by atoms with Gasteiger partial charge in [-0.25, -0.2) is 14.6 Å². The molecule has 0 unspecified atom stereocenters. The molecule has 130 valence electrons. The standard InChI is InChI=1S/C16H23N5O3/c1-12-17-4-5-20(12)11-16(2-3-16)10-18-14(22)19-6-7-21-13(8-19)9-24-15(21)23/h4-5,13H,2-3,6-11H2,1H3,(H,18,22)/t13-/m1/s1. The number of nitrogens with one attached hydrogen (secondary N) is 1. The van der Waals surface area contributed by atoms with Crippen LogP contribution in [0.15, 0.2) is 12.4 Å². The summed E-state index contributed by atoms with van der Waals surface area (Å²) in [6.07, 6.45) is 5.81. The van der Waals surface area contributed by atoms with E-state index >= 15 is 0 Å². The molecule has 1 saturated carbocycles. The van der Waals surface area contributed by atoms with Crippen LogP contribution in [0, 0.1) is 12.3 Å². The molecular formula is C16H23N5O3. The molecule has 1 N–H and O–H groups in total. The second kappa shape index (κ2) is 5.68. The van der Waals surface area contributed by atoms with Gasteiger partial charge in [0.25, 0.3) is 0 Å². The van der Waals surface area contributed by atoms with Gasteiger partial charge in [0, 0.05) is 50.5 Å². The van der Waals surface area contributed by atoms with Gasteiger partial charge in [-0.05, 0) is 19.8 Å². The van der Waals surface area contributed by atoms with Crippen LogP contribution in [0.2, 0.25) is 0 Å². The van der Waals surface area contributed by atoms with Crippen LogP contribution in [-0.4, -0.2) is 70.3 Å². The van der Waals surface area contributed by atoms with Crippen molar-refractivity contribution in [2.45, 2.75) is 32.4 Å². The summed E-state index contributed by atoms with van der Waals surface area (Å²) < 4.78 is 7.19. The lowest BCUT2D eigenvalue weighted by atomic mass is 10.1. The number of fused-ring (bicyclic) bond motifs is 1. The van der Waals surface area contributed by atoms with E-state index in [1.54, 1.807) is 9.80 Å². The summed E-state index contributed by atoms with van der Waals surface area (Å²) in [6.45, 7) is 5.62. The number of carbonyl (C=O) groups is 2. The third-order valence-corrected chi connectivity index (χ3v) is 5.40. The van der Waals surface area contributed by atoms with Crippen LogP contribution in [0.1, 0.15) is 18.7 Å². The molecule has 8 nitrogen and oxygen atoms in total. The van der Waals surface area contributed by atoms with Crippen molar-refractivity contribution in [2.24, 2.45) is 5.41 Å². The molecule has 0 aromatic carbocycles. The highest BCUT2D eigenvalue weighted by Crippen LogP contribution is 2.46. The van der Waals surface area contributed by atoms with Crippen molar-refractivity contribution in [2.75, 3.05) is 32.8 Å². The van der Waals surface area contributed by atoms with Gasteiger partial charge in [-0.15, -0.1) is 0 Å². The van der Waals surface area contributed by atoms with E-state index in [1.807, 2.05) is 19.3 Å². The molecule has 8 heteroatoms. The highest BCUT2D eigenvalue weighted by Gasteiger charge is 2.44. The van der Waals surface area contributed by atoms with Crippen LogP contribution in [0.25, 0.3) is 0 Å². The quantitative estimate of drug-likeness (QED) is 0.885. The lowest BCUT2D eigenvalue weighted by Gasteiger charge is -2.35. The molecule has 3 fully saturated rings. The number of urea groups is 1. The number of aromatic nitrogens is 2. The maximum atomic E-state index is 12.5. The van der Waals surface area contributed by atoms with Crippen molar-refractivity contribution < 1.29 is 14.3 Å². The van der Waals surface area contributed by atoms with Crippen molar-refractivity contribution >= 4 is 12.1 Å². The second-order valence-corrected chi connectivity index (χ2v) is 7.13. The molecule has 3 heterocycles. The number of ether oxygens (including phenoxy) is 1. The Balaban J connectivity index is 1.29. The first-order chi connectivity index (χ1) is 11.6. The summed E-state index contributed by atoms with van der Waals surface area (Å²) >= 11 is 0. The number of carbonyl (C=O) groups excluding carboxylic acids is 2. The molecular weight excluding hydrogens is 310 g/mol. The molecule has 3 aliphatic rings. The number of hydrogen-bond donors (Lipinski definition) is 1. The van der Waals surface area contributed by atoms with E-state index in [9.17, 15) is 9.59 Å². The van der Waals surface area contributed by atoms with Crippen LogP contribution in [0.4, 0.5) is 9.59 Å². The fraction of sp³-hybridized carbons (Fsp3) is 0.688. The van der Waals surface area contributed by atoms with Gasteiger partial charge in [-0.1, -0.05) is 0 Å². The van der Waals surface area contributed by atoms with Crippen molar-refractivity contribution in [3.63, 3.8) is 0 Å². The van der Waals surface area contributed by atoms with Crippen molar-refractivity contribution in [1.82, 2.24) is 24.7 Å². The maximum Gasteiger partial charge on any atom is 0.410 e. The Morgan fingerprint density at radius 3 is 3.00 bits per heavy atom. The van der Waals surface area contributed by atoms with Gasteiger partial charge in [0.1, 0.15) is 12.4 Å². The molecule has 1 atom stereocenters. The summed E-state index contributed by atoms with van der Waals surface area (Å²) in [4.78, 5) is 31.7. The third-order valence-electron chi connectivity index (χ3n) is 5.40. The van der Waals surface area contributed by atoms with Gasteiger partial charge in [0.2, 0.25) is 0 Å². The summed E-state index contributed by atoms with van der Waals surface area (Å²) in [7, 11) is 0. The summed E-state index contributed by atoms with van der Waals surface area (Å²) in [6, 6.07) is -0.0388. The van der Waals surface area contributed by atoms with E-state index in [2.05, 4.69) is 14.9 Å². The zero-order chi connectivity index (χ0) is 16.7. The average molecular weight is 333 g/mol. The number of amides is 3. The number of hydrogen-bond acceptors (Lipinski definition) is 4. The fourth-order valence-corrected chi connectivity index (χ4v) is 3.55. The summed E-state index contributed by atoms with van der Waals surface area (Å²) in [5.41, 5.74) is 0.162. The van der Waals surface area contributed by atoms with Crippen LogP contribution in [0.5, 0.6) is 0 Å². The third kappa shape index (κ3) is 2.81. The number of imidazole rings is 1. The Bertz CT molecular complexity index is 654. The predicted molar refractivity (Wildman–Crippen MR) is 85.4 cm³/mol. The molecule has 3 amide bonds. The maximum absolute atomic E-state index is 12.5. The topological polar surface area (TPSA) is 79.7 Å². The van der Waals surface area contributed by atoms with E-state index in [-0.39, 0.29) is 23.6 Å². The number of rotatable bonds is 4. The van der Waals surface area contributed by atoms with E-state index < -0.39 is 0 Å². The molecule has 0 radical (unpaired) electrons. The zero-order valence-electron chi connectivity index (χ0n) is 13.9. The van der Waals surface area contributed by atoms with E-state index in [0.29, 0.717) is 32.8 Å². The first kappa shape index (κ1) is 15.3. The summed E-state index contributed by atoms with van der Waals surface area (Å²) in [5.74, 6) is 1.01. The van der Waals surface area contributed by atoms with Crippen LogP contribution < -0.4 is 5.32 Å². The minimum Gasteiger partial charge on any atom is -0.447 e. The SMILES string of the molecule is Cc1nccn1CC1(CNC(=O)N2CCN3C(=O)OC[C@H]3C2)CC1. The summed E-state index contributed by atoms with van der Waals surface area (Å²) in [5, 5.41) is 3.09. The molecule has 1 aliphatic carbocycles. The number of piperazine rings is 1. The fourth-order valence-electron chi connectivity index (χ4n) is 3.55. The molecule has 4 rings (SSSR count). The normalized spacial score (nSPS) is 24.5. The van der Waals surface area contributed by atoms with Gasteiger partial charge >= 0.3 is 12.1 Å². The lowest BCUT2D eigenvalue weighted by Crippen LogP contribution is -2.56. The monoisotopic (exact) mass is 333 g/mol. The highest BCUT2D eigenvalue weighted by atomic mass is 16.6. The second-order valence-electron chi connectivity index (χ2n) is 7.13. The molecule has 1 aromatic heterocycles. The first-order valence-electron chi connectivity index (χ1n) is 8.50. The minimum absolute atomic E-state index is 0.000448. The van der Waals surface area contributed by atoms with Crippen LogP contribution in [0.3, 0.4) is 0 Å². The Morgan fingerprint density at radius 2 is 2.29 bits per heavy atom. The van der Waals surface area contributed by atoms with Gasteiger partial charge in [-0.2, -0.15) is 0 Å². The van der Waals surface area contributed by atoms with Gasteiger partial charge in [-0.3, -0.25) is 4.90 Å². The smallest absolute Gasteiger partial charge is 0.410 e. The van der Waals surface area contributed by atoms with Gasteiger partial charge < -0.3 is 19.5 Å². The molecule has 1 aromatic rings. The highest BCUT2D eigenvalue weighted by molar-refractivity contribution is 5.75. The molecule has 0 spiro atoms. The first-order valence-corrected chi connectivity index (χ1v) is 8.50.